The first-order chi connectivity index (χ1) is 8.83. The first-order valence-corrected chi connectivity index (χ1v) is 7.05. The molecule has 1 atom stereocenters. The number of nitrogens with two attached hydrogens (primary N) is 1. The molecule has 2 aromatic rings. The summed E-state index contributed by atoms with van der Waals surface area (Å²) in [6.45, 7) is 1.15. The van der Waals surface area contributed by atoms with Gasteiger partial charge < -0.3 is 9.84 Å². The number of halogens is 1. The van der Waals surface area contributed by atoms with Crippen LogP contribution < -0.4 is 5.32 Å². The highest BCUT2D eigenvalue weighted by molar-refractivity contribution is 9.10. The number of rotatable bonds is 2. The van der Waals surface area contributed by atoms with Crippen LogP contribution in [0.25, 0.3) is 11.4 Å². The van der Waals surface area contributed by atoms with Gasteiger partial charge in [-0.25, -0.2) is 0 Å². The molecule has 1 aliphatic heterocycles. The van der Waals surface area contributed by atoms with E-state index in [1.807, 2.05) is 24.3 Å². The van der Waals surface area contributed by atoms with E-state index in [0.29, 0.717) is 11.9 Å². The van der Waals surface area contributed by atoms with Crippen LogP contribution in [0.2, 0.25) is 0 Å². The number of quaternary nitrogens is 1. The number of piperidine rings is 1. The Balaban J connectivity index is 1.82. The summed E-state index contributed by atoms with van der Waals surface area (Å²) in [7, 11) is 0. The average Bonchev–Trinajstić information content (AvgIpc) is 2.90. The molecule has 5 heteroatoms. The monoisotopic (exact) mass is 308 g/mol. The first-order valence-electron chi connectivity index (χ1n) is 6.26. The molecule has 3 rings (SSSR count). The van der Waals surface area contributed by atoms with Gasteiger partial charge in [-0.2, -0.15) is 4.98 Å². The largest absolute Gasteiger partial charge is 0.336 e. The first kappa shape index (κ1) is 11.9. The molecule has 2 N–H and O–H groups in total. The van der Waals surface area contributed by atoms with Crippen molar-refractivity contribution >= 4 is 15.9 Å². The second kappa shape index (κ2) is 5.20. The van der Waals surface area contributed by atoms with E-state index in [1.165, 1.54) is 12.8 Å². The summed E-state index contributed by atoms with van der Waals surface area (Å²) in [6.07, 6.45) is 3.66. The van der Waals surface area contributed by atoms with Crippen LogP contribution >= 0.6 is 15.9 Å². The van der Waals surface area contributed by atoms with E-state index in [1.54, 1.807) is 0 Å². The van der Waals surface area contributed by atoms with Crippen molar-refractivity contribution in [2.75, 3.05) is 6.54 Å². The van der Waals surface area contributed by atoms with Gasteiger partial charge in [-0.15, -0.1) is 0 Å². The number of hydrogen-bond donors (Lipinski definition) is 1. The maximum Gasteiger partial charge on any atom is 0.285 e. The minimum Gasteiger partial charge on any atom is -0.336 e. The van der Waals surface area contributed by atoms with E-state index in [4.69, 9.17) is 4.52 Å². The molecule has 1 aliphatic rings. The van der Waals surface area contributed by atoms with Crippen molar-refractivity contribution in [3.8, 4) is 11.4 Å². The van der Waals surface area contributed by atoms with Gasteiger partial charge in [-0.05, 0) is 37.1 Å². The summed E-state index contributed by atoms with van der Waals surface area (Å²) in [6, 6.07) is 8.29. The number of aromatic nitrogens is 2. The molecule has 0 radical (unpaired) electrons. The predicted molar refractivity (Wildman–Crippen MR) is 70.8 cm³/mol. The molecule has 0 unspecified atom stereocenters. The van der Waals surface area contributed by atoms with Gasteiger partial charge in [-0.3, -0.25) is 0 Å². The molecular formula is C13H15BrN3O+. The van der Waals surface area contributed by atoms with Gasteiger partial charge in [0.25, 0.3) is 5.89 Å². The van der Waals surface area contributed by atoms with E-state index in [0.717, 1.165) is 28.9 Å². The Hall–Kier alpha value is -1.20. The van der Waals surface area contributed by atoms with Crippen LogP contribution in [0.5, 0.6) is 0 Å². The lowest BCUT2D eigenvalue weighted by Crippen LogP contribution is -2.86. The number of hydrogen-bond acceptors (Lipinski definition) is 3. The van der Waals surface area contributed by atoms with E-state index in [2.05, 4.69) is 31.4 Å². The molecule has 1 aromatic heterocycles. The summed E-state index contributed by atoms with van der Waals surface area (Å²) in [5, 5.41) is 6.36. The molecular weight excluding hydrogens is 294 g/mol. The third kappa shape index (κ3) is 2.47. The fraction of sp³-hybridized carbons (Fsp3) is 0.385. The SMILES string of the molecule is Brc1ccc(-c2noc([C@@H]3CCCC[NH2+]3)n2)cc1. The van der Waals surface area contributed by atoms with Crippen LogP contribution in [0, 0.1) is 0 Å². The zero-order chi connectivity index (χ0) is 12.4. The fourth-order valence-corrected chi connectivity index (χ4v) is 2.54. The van der Waals surface area contributed by atoms with Crippen LogP contribution in [0.4, 0.5) is 0 Å². The van der Waals surface area contributed by atoms with Gasteiger partial charge in [0, 0.05) is 16.5 Å². The van der Waals surface area contributed by atoms with Crippen LogP contribution in [-0.2, 0) is 0 Å². The predicted octanol–water partition coefficient (Wildman–Crippen LogP) is 2.29. The zero-order valence-electron chi connectivity index (χ0n) is 9.97. The lowest BCUT2D eigenvalue weighted by molar-refractivity contribution is -0.706. The Morgan fingerprint density at radius 1 is 1.22 bits per heavy atom. The fourth-order valence-electron chi connectivity index (χ4n) is 2.27. The van der Waals surface area contributed by atoms with E-state index < -0.39 is 0 Å². The average molecular weight is 309 g/mol. The highest BCUT2D eigenvalue weighted by Gasteiger charge is 2.24. The highest BCUT2D eigenvalue weighted by atomic mass is 79.9. The van der Waals surface area contributed by atoms with Crippen LogP contribution in [-0.4, -0.2) is 16.7 Å². The molecule has 0 spiro atoms. The maximum atomic E-state index is 5.38. The topological polar surface area (TPSA) is 55.5 Å². The smallest absolute Gasteiger partial charge is 0.285 e. The molecule has 18 heavy (non-hydrogen) atoms. The molecule has 1 fully saturated rings. The Morgan fingerprint density at radius 3 is 2.78 bits per heavy atom. The molecule has 0 saturated carbocycles. The summed E-state index contributed by atoms with van der Waals surface area (Å²) in [4.78, 5) is 4.51. The standard InChI is InChI=1S/C13H14BrN3O/c14-10-6-4-9(5-7-10)12-16-13(18-17-12)11-3-1-2-8-15-11/h4-7,11,15H,1-3,8H2/p+1/t11-/m0/s1. The Labute approximate surface area is 114 Å². The van der Waals surface area contributed by atoms with Gasteiger partial charge in [0.1, 0.15) is 0 Å². The second-order valence-corrected chi connectivity index (χ2v) is 5.51. The molecule has 0 aliphatic carbocycles. The molecule has 1 saturated heterocycles. The third-order valence-corrected chi connectivity index (χ3v) is 3.81. The second-order valence-electron chi connectivity index (χ2n) is 4.59. The minimum absolute atomic E-state index is 0.343. The molecule has 0 amide bonds. The Bertz CT molecular complexity index is 517. The number of benzene rings is 1. The van der Waals surface area contributed by atoms with Crippen molar-refractivity contribution in [1.82, 2.24) is 10.1 Å². The lowest BCUT2D eigenvalue weighted by atomic mass is 10.1. The van der Waals surface area contributed by atoms with Gasteiger partial charge >= 0.3 is 0 Å². The van der Waals surface area contributed by atoms with Gasteiger partial charge in [-0.1, -0.05) is 21.1 Å². The van der Waals surface area contributed by atoms with E-state index >= 15 is 0 Å². The molecule has 4 nitrogen and oxygen atoms in total. The van der Waals surface area contributed by atoms with Crippen molar-refractivity contribution in [2.45, 2.75) is 25.3 Å². The minimum atomic E-state index is 0.343. The maximum absolute atomic E-state index is 5.38. The van der Waals surface area contributed by atoms with Gasteiger partial charge in [0.2, 0.25) is 5.82 Å². The summed E-state index contributed by atoms with van der Waals surface area (Å²) >= 11 is 3.42. The van der Waals surface area contributed by atoms with Crippen LogP contribution in [0.3, 0.4) is 0 Å². The Morgan fingerprint density at radius 2 is 2.06 bits per heavy atom. The van der Waals surface area contributed by atoms with E-state index in [-0.39, 0.29) is 0 Å². The quantitative estimate of drug-likeness (QED) is 0.926. The third-order valence-electron chi connectivity index (χ3n) is 3.28. The van der Waals surface area contributed by atoms with Crippen molar-refractivity contribution < 1.29 is 9.84 Å². The molecule has 1 aromatic carbocycles. The lowest BCUT2D eigenvalue weighted by Gasteiger charge is -2.15. The number of nitrogens with zero attached hydrogens (tertiary/aromatic N) is 2. The van der Waals surface area contributed by atoms with E-state index in [9.17, 15) is 0 Å². The Kier molecular flexibility index (Phi) is 3.43. The van der Waals surface area contributed by atoms with Gasteiger partial charge in [0.15, 0.2) is 6.04 Å². The van der Waals surface area contributed by atoms with Gasteiger partial charge in [0.05, 0.1) is 6.54 Å². The van der Waals surface area contributed by atoms with Crippen LogP contribution in [0.15, 0.2) is 33.3 Å². The molecule has 0 bridgehead atoms. The summed E-state index contributed by atoms with van der Waals surface area (Å²) in [5.74, 6) is 1.43. The van der Waals surface area contributed by atoms with Crippen LogP contribution in [0.1, 0.15) is 31.2 Å². The van der Waals surface area contributed by atoms with Crippen molar-refractivity contribution in [3.63, 3.8) is 0 Å². The highest BCUT2D eigenvalue weighted by Crippen LogP contribution is 2.22. The molecule has 94 valence electrons. The summed E-state index contributed by atoms with van der Waals surface area (Å²) < 4.78 is 6.44. The zero-order valence-corrected chi connectivity index (χ0v) is 11.6. The van der Waals surface area contributed by atoms with Crippen molar-refractivity contribution in [3.05, 3.63) is 34.6 Å². The molecule has 2 heterocycles. The summed E-state index contributed by atoms with van der Waals surface area (Å²) in [5.41, 5.74) is 0.990. The normalized spacial score (nSPS) is 19.9. The van der Waals surface area contributed by atoms with Crippen molar-refractivity contribution in [2.24, 2.45) is 0 Å². The van der Waals surface area contributed by atoms with Crippen molar-refractivity contribution in [1.29, 1.82) is 0 Å².